The Balaban J connectivity index is 1.98. The van der Waals surface area contributed by atoms with Crippen molar-refractivity contribution >= 4 is 0 Å². The summed E-state index contributed by atoms with van der Waals surface area (Å²) < 4.78 is 6.12. The van der Waals surface area contributed by atoms with E-state index in [9.17, 15) is 0 Å². The summed E-state index contributed by atoms with van der Waals surface area (Å²) in [6, 6.07) is 8.88. The molecule has 0 bridgehead atoms. The van der Waals surface area contributed by atoms with Crippen LogP contribution in [0, 0.1) is 5.41 Å². The summed E-state index contributed by atoms with van der Waals surface area (Å²) in [6.45, 7) is 10.1. The van der Waals surface area contributed by atoms with Gasteiger partial charge < -0.3 is 10.1 Å². The van der Waals surface area contributed by atoms with Gasteiger partial charge in [0.1, 0.15) is 11.9 Å². The second-order valence-electron chi connectivity index (χ2n) is 6.73. The minimum atomic E-state index is 0.291. The van der Waals surface area contributed by atoms with Gasteiger partial charge in [0.05, 0.1) is 0 Å². The van der Waals surface area contributed by atoms with Gasteiger partial charge >= 0.3 is 0 Å². The molecule has 0 aliphatic carbocycles. The fourth-order valence-electron chi connectivity index (χ4n) is 2.70. The Labute approximate surface area is 117 Å². The average Bonchev–Trinajstić information content (AvgIpc) is 2.76. The Morgan fingerprint density at radius 3 is 2.68 bits per heavy atom. The molecule has 1 heterocycles. The second-order valence-corrected chi connectivity index (χ2v) is 6.73. The van der Waals surface area contributed by atoms with Crippen LogP contribution in [-0.4, -0.2) is 18.7 Å². The van der Waals surface area contributed by atoms with Crippen LogP contribution in [0.25, 0.3) is 0 Å². The number of benzene rings is 1. The maximum Gasteiger partial charge on any atom is 0.123 e. The summed E-state index contributed by atoms with van der Waals surface area (Å²) in [5, 5.41) is 3.61. The van der Waals surface area contributed by atoms with Gasteiger partial charge in [0.25, 0.3) is 0 Å². The molecule has 2 heteroatoms. The van der Waals surface area contributed by atoms with Gasteiger partial charge in [-0.3, -0.25) is 0 Å². The molecule has 0 radical (unpaired) electrons. The number of likely N-dealkylation sites (N-methyl/N-ethyl adjacent to an activating group) is 1. The van der Waals surface area contributed by atoms with Crippen molar-refractivity contribution in [2.45, 2.75) is 59.1 Å². The molecule has 1 aliphatic heterocycles. The van der Waals surface area contributed by atoms with Crippen LogP contribution in [0.3, 0.4) is 0 Å². The molecule has 1 aromatic carbocycles. The quantitative estimate of drug-likeness (QED) is 0.870. The van der Waals surface area contributed by atoms with Crippen molar-refractivity contribution in [1.82, 2.24) is 5.32 Å². The molecule has 106 valence electrons. The van der Waals surface area contributed by atoms with E-state index in [1.807, 2.05) is 0 Å². The van der Waals surface area contributed by atoms with Gasteiger partial charge in [-0.1, -0.05) is 45.9 Å². The van der Waals surface area contributed by atoms with Gasteiger partial charge in [-0.2, -0.15) is 0 Å². The lowest BCUT2D eigenvalue weighted by Gasteiger charge is -2.27. The molecule has 0 spiro atoms. The maximum absolute atomic E-state index is 6.12. The Kier molecular flexibility index (Phi) is 4.51. The van der Waals surface area contributed by atoms with Crippen LogP contribution < -0.4 is 10.1 Å². The Morgan fingerprint density at radius 2 is 2.05 bits per heavy atom. The van der Waals surface area contributed by atoms with E-state index in [2.05, 4.69) is 57.3 Å². The SMILES string of the molecule is CCNC(CCC(C)(C)C)C1Cc2ccccc2O1. The molecule has 2 unspecified atom stereocenters. The molecule has 0 fully saturated rings. The molecule has 2 nitrogen and oxygen atoms in total. The second kappa shape index (κ2) is 5.96. The lowest BCUT2D eigenvalue weighted by molar-refractivity contribution is 0.162. The van der Waals surface area contributed by atoms with E-state index in [-0.39, 0.29) is 0 Å². The van der Waals surface area contributed by atoms with Gasteiger partial charge in [0, 0.05) is 12.5 Å². The minimum Gasteiger partial charge on any atom is -0.488 e. The number of nitrogens with one attached hydrogen (secondary N) is 1. The predicted octanol–water partition coefficient (Wildman–Crippen LogP) is 3.79. The van der Waals surface area contributed by atoms with Crippen LogP contribution >= 0.6 is 0 Å². The summed E-state index contributed by atoms with van der Waals surface area (Å²) in [4.78, 5) is 0. The smallest absolute Gasteiger partial charge is 0.123 e. The highest BCUT2D eigenvalue weighted by Gasteiger charge is 2.30. The van der Waals surface area contributed by atoms with Crippen LogP contribution in [0.4, 0.5) is 0 Å². The first-order chi connectivity index (χ1) is 8.99. The predicted molar refractivity (Wildman–Crippen MR) is 80.7 cm³/mol. The first kappa shape index (κ1) is 14.4. The van der Waals surface area contributed by atoms with E-state index >= 15 is 0 Å². The molecule has 2 atom stereocenters. The highest BCUT2D eigenvalue weighted by atomic mass is 16.5. The molecule has 1 aliphatic rings. The topological polar surface area (TPSA) is 21.3 Å². The van der Waals surface area contributed by atoms with Crippen molar-refractivity contribution in [3.63, 3.8) is 0 Å². The van der Waals surface area contributed by atoms with Crippen molar-refractivity contribution in [2.24, 2.45) is 5.41 Å². The minimum absolute atomic E-state index is 0.291. The van der Waals surface area contributed by atoms with E-state index in [1.54, 1.807) is 0 Å². The first-order valence-electron chi connectivity index (χ1n) is 7.47. The fourth-order valence-corrected chi connectivity index (χ4v) is 2.70. The summed E-state index contributed by atoms with van der Waals surface area (Å²) in [5.41, 5.74) is 1.74. The van der Waals surface area contributed by atoms with Gasteiger partial charge in [-0.25, -0.2) is 0 Å². The molecular weight excluding hydrogens is 234 g/mol. The van der Waals surface area contributed by atoms with Crippen LogP contribution in [-0.2, 0) is 6.42 Å². The molecule has 19 heavy (non-hydrogen) atoms. The molecule has 0 aromatic heterocycles. The van der Waals surface area contributed by atoms with Crippen molar-refractivity contribution in [3.8, 4) is 5.75 Å². The summed E-state index contributed by atoms with van der Waals surface area (Å²) >= 11 is 0. The average molecular weight is 261 g/mol. The molecule has 1 N–H and O–H groups in total. The third-order valence-electron chi connectivity index (χ3n) is 3.79. The molecular formula is C17H27NO. The fraction of sp³-hybridized carbons (Fsp3) is 0.647. The largest absolute Gasteiger partial charge is 0.488 e. The van der Waals surface area contributed by atoms with Crippen LogP contribution in [0.2, 0.25) is 0 Å². The zero-order valence-electron chi connectivity index (χ0n) is 12.7. The standard InChI is InChI=1S/C17H27NO/c1-5-18-14(10-11-17(2,3)4)16-12-13-8-6-7-9-15(13)19-16/h6-9,14,16,18H,5,10-12H2,1-4H3. The monoisotopic (exact) mass is 261 g/mol. The first-order valence-corrected chi connectivity index (χ1v) is 7.47. The summed E-state index contributed by atoms with van der Waals surface area (Å²) in [5.74, 6) is 1.08. The Hall–Kier alpha value is -1.02. The third-order valence-corrected chi connectivity index (χ3v) is 3.79. The zero-order chi connectivity index (χ0) is 13.9. The lowest BCUT2D eigenvalue weighted by atomic mass is 9.87. The molecule has 0 saturated heterocycles. The number of hydrogen-bond acceptors (Lipinski definition) is 2. The van der Waals surface area contributed by atoms with E-state index in [4.69, 9.17) is 4.74 Å². The third kappa shape index (κ3) is 3.97. The zero-order valence-corrected chi connectivity index (χ0v) is 12.7. The van der Waals surface area contributed by atoms with Crippen LogP contribution in [0.5, 0.6) is 5.75 Å². The summed E-state index contributed by atoms with van der Waals surface area (Å²) in [6.07, 6.45) is 3.73. The number of ether oxygens (including phenoxy) is 1. The van der Waals surface area contributed by atoms with E-state index in [1.165, 1.54) is 18.4 Å². The van der Waals surface area contributed by atoms with Crippen molar-refractivity contribution in [2.75, 3.05) is 6.54 Å². The maximum atomic E-state index is 6.12. The van der Waals surface area contributed by atoms with E-state index in [0.29, 0.717) is 17.6 Å². The van der Waals surface area contributed by atoms with Crippen molar-refractivity contribution in [3.05, 3.63) is 29.8 Å². The highest BCUT2D eigenvalue weighted by Crippen LogP contribution is 2.31. The Morgan fingerprint density at radius 1 is 1.32 bits per heavy atom. The van der Waals surface area contributed by atoms with Gasteiger partial charge in [-0.15, -0.1) is 0 Å². The number of para-hydroxylation sites is 1. The van der Waals surface area contributed by atoms with Crippen LogP contribution in [0.1, 0.15) is 46.1 Å². The van der Waals surface area contributed by atoms with Crippen LogP contribution in [0.15, 0.2) is 24.3 Å². The van der Waals surface area contributed by atoms with Gasteiger partial charge in [0.15, 0.2) is 0 Å². The van der Waals surface area contributed by atoms with Gasteiger partial charge in [-0.05, 0) is 36.4 Å². The number of hydrogen-bond donors (Lipinski definition) is 1. The van der Waals surface area contributed by atoms with Crippen molar-refractivity contribution in [1.29, 1.82) is 0 Å². The van der Waals surface area contributed by atoms with Crippen molar-refractivity contribution < 1.29 is 4.74 Å². The molecule has 1 aromatic rings. The van der Waals surface area contributed by atoms with E-state index < -0.39 is 0 Å². The van der Waals surface area contributed by atoms with E-state index in [0.717, 1.165) is 18.7 Å². The molecule has 0 saturated carbocycles. The Bertz CT molecular complexity index is 383. The number of fused-ring (bicyclic) bond motifs is 1. The molecule has 0 amide bonds. The molecule has 2 rings (SSSR count). The number of rotatable bonds is 5. The van der Waals surface area contributed by atoms with Gasteiger partial charge in [0.2, 0.25) is 0 Å². The summed E-state index contributed by atoms with van der Waals surface area (Å²) in [7, 11) is 0. The highest BCUT2D eigenvalue weighted by molar-refractivity contribution is 5.37. The normalized spacial score (nSPS) is 19.9. The lowest BCUT2D eigenvalue weighted by Crippen LogP contribution is -2.42.